The van der Waals surface area contributed by atoms with Gasteiger partial charge in [-0.05, 0) is 54.4 Å². The molecule has 1 aliphatic rings. The number of rotatable bonds is 10. The van der Waals surface area contributed by atoms with Crippen molar-refractivity contribution in [3.8, 4) is 6.19 Å². The fourth-order valence-corrected chi connectivity index (χ4v) is 5.47. The summed E-state index contributed by atoms with van der Waals surface area (Å²) in [5.41, 5.74) is 0.420. The molecule has 1 aliphatic heterocycles. The van der Waals surface area contributed by atoms with Gasteiger partial charge in [0.25, 0.3) is 5.91 Å². The van der Waals surface area contributed by atoms with Gasteiger partial charge in [0.15, 0.2) is 6.19 Å². The smallest absolute Gasteiger partial charge is 0.310 e. The first-order chi connectivity index (χ1) is 20.1. The van der Waals surface area contributed by atoms with Crippen molar-refractivity contribution in [1.82, 2.24) is 15.2 Å². The molecule has 3 unspecified atom stereocenters. The summed E-state index contributed by atoms with van der Waals surface area (Å²) >= 11 is 0. The molecular formula is C28H27F6N5O3S. The van der Waals surface area contributed by atoms with E-state index in [4.69, 9.17) is 4.74 Å². The van der Waals surface area contributed by atoms with Gasteiger partial charge >= 0.3 is 10.2 Å². The van der Waals surface area contributed by atoms with Crippen molar-refractivity contribution in [2.24, 2.45) is 0 Å². The lowest BCUT2D eigenvalue weighted by Crippen LogP contribution is -2.50. The SMILES string of the molecule is COC1CC(C(=O)N(c2ccc(S(F)(F)(F)(F)F)cc2)C(C(=O)NCCc2cccc(F)c2)c2cccnc2)N(C#N)C1. The van der Waals surface area contributed by atoms with Crippen molar-refractivity contribution in [2.75, 3.05) is 25.1 Å². The third-order valence-corrected chi connectivity index (χ3v) is 8.08. The van der Waals surface area contributed by atoms with Crippen molar-refractivity contribution in [3.05, 3.63) is 90.0 Å². The van der Waals surface area contributed by atoms with Gasteiger partial charge in [-0.3, -0.25) is 24.4 Å². The first kappa shape index (κ1) is 31.6. The molecule has 0 bridgehead atoms. The molecule has 1 N–H and O–H groups in total. The Morgan fingerprint density at radius 1 is 1.14 bits per heavy atom. The molecule has 2 aromatic carbocycles. The van der Waals surface area contributed by atoms with Crippen LogP contribution in [0.25, 0.3) is 0 Å². The summed E-state index contributed by atoms with van der Waals surface area (Å²) in [6.07, 6.45) is 4.24. The van der Waals surface area contributed by atoms with E-state index < -0.39 is 50.9 Å². The van der Waals surface area contributed by atoms with Crippen LogP contribution in [0.2, 0.25) is 0 Å². The summed E-state index contributed by atoms with van der Waals surface area (Å²) in [5, 5.41) is 12.3. The number of methoxy groups -OCH3 is 1. The third-order valence-electron chi connectivity index (χ3n) is 6.92. The highest BCUT2D eigenvalue weighted by atomic mass is 32.5. The van der Waals surface area contributed by atoms with E-state index in [2.05, 4.69) is 10.3 Å². The van der Waals surface area contributed by atoms with Crippen LogP contribution >= 0.6 is 10.2 Å². The van der Waals surface area contributed by atoms with Crippen molar-refractivity contribution in [1.29, 1.82) is 5.26 Å². The first-order valence-electron chi connectivity index (χ1n) is 12.9. The molecule has 0 radical (unpaired) electrons. The number of halogens is 6. The Morgan fingerprint density at radius 3 is 2.44 bits per heavy atom. The molecule has 0 aliphatic carbocycles. The Balaban J connectivity index is 1.76. The molecule has 2 heterocycles. The van der Waals surface area contributed by atoms with Crippen LogP contribution in [-0.2, 0) is 20.7 Å². The number of benzene rings is 2. The summed E-state index contributed by atoms with van der Waals surface area (Å²) < 4.78 is 86.3. The maximum absolute atomic E-state index is 14.1. The van der Waals surface area contributed by atoms with Crippen LogP contribution in [0.5, 0.6) is 0 Å². The quantitative estimate of drug-likeness (QED) is 0.223. The molecule has 230 valence electrons. The number of nitrogens with one attached hydrogen (secondary N) is 1. The second-order valence-corrected chi connectivity index (χ2v) is 12.3. The van der Waals surface area contributed by atoms with Gasteiger partial charge in [0, 0.05) is 43.7 Å². The molecule has 1 aromatic heterocycles. The van der Waals surface area contributed by atoms with Crippen LogP contribution < -0.4 is 10.2 Å². The second-order valence-electron chi connectivity index (χ2n) is 9.89. The number of hydrogen-bond acceptors (Lipinski definition) is 6. The number of ether oxygens (including phenoxy) is 1. The number of nitrogens with zero attached hydrogens (tertiary/aromatic N) is 4. The second kappa shape index (κ2) is 11.4. The molecule has 0 spiro atoms. The number of nitriles is 1. The van der Waals surface area contributed by atoms with E-state index in [-0.39, 0.29) is 49.3 Å². The maximum Gasteiger partial charge on any atom is 0.310 e. The predicted molar refractivity (Wildman–Crippen MR) is 147 cm³/mol. The Morgan fingerprint density at radius 2 is 1.86 bits per heavy atom. The van der Waals surface area contributed by atoms with Crippen LogP contribution in [0.1, 0.15) is 23.6 Å². The summed E-state index contributed by atoms with van der Waals surface area (Å²) in [4.78, 5) is 31.7. The van der Waals surface area contributed by atoms with E-state index in [0.29, 0.717) is 17.7 Å². The average Bonchev–Trinajstić information content (AvgIpc) is 3.39. The molecule has 1 saturated heterocycles. The number of aromatic nitrogens is 1. The van der Waals surface area contributed by atoms with Crippen LogP contribution in [0, 0.1) is 17.3 Å². The Bertz CT molecular complexity index is 1520. The number of anilines is 1. The van der Waals surface area contributed by atoms with E-state index in [9.17, 15) is 38.7 Å². The lowest BCUT2D eigenvalue weighted by atomic mass is 10.0. The molecule has 0 saturated carbocycles. The van der Waals surface area contributed by atoms with Crippen molar-refractivity contribution < 1.29 is 38.1 Å². The lowest BCUT2D eigenvalue weighted by Gasteiger charge is -2.41. The molecular weight excluding hydrogens is 600 g/mol. The zero-order valence-corrected chi connectivity index (χ0v) is 23.5. The minimum absolute atomic E-state index is 0.0102. The van der Waals surface area contributed by atoms with Crippen LogP contribution in [0.4, 0.5) is 29.5 Å². The zero-order valence-electron chi connectivity index (χ0n) is 22.7. The van der Waals surface area contributed by atoms with Gasteiger partial charge in [0.05, 0.1) is 12.6 Å². The van der Waals surface area contributed by atoms with Crippen LogP contribution in [-0.4, -0.2) is 54.0 Å². The van der Waals surface area contributed by atoms with Gasteiger partial charge in [-0.25, -0.2) is 4.39 Å². The average molecular weight is 628 g/mol. The fourth-order valence-electron chi connectivity index (χ4n) is 4.82. The van der Waals surface area contributed by atoms with Crippen LogP contribution in [0.3, 0.4) is 0 Å². The number of carbonyl (C=O) groups is 2. The Kier molecular flexibility index (Phi) is 8.40. The van der Waals surface area contributed by atoms with E-state index in [1.165, 1.54) is 49.8 Å². The van der Waals surface area contributed by atoms with E-state index >= 15 is 0 Å². The summed E-state index contributed by atoms with van der Waals surface area (Å²) in [6.45, 7) is 0.0293. The van der Waals surface area contributed by atoms with Gasteiger partial charge in [0.2, 0.25) is 5.91 Å². The molecule has 2 amide bonds. The molecule has 15 heteroatoms. The van der Waals surface area contributed by atoms with E-state index in [1.807, 2.05) is 6.19 Å². The Hall–Kier alpha value is -4.29. The molecule has 3 aromatic rings. The number of likely N-dealkylation sites (tertiary alicyclic amines) is 1. The number of hydrogen-bond donors (Lipinski definition) is 1. The fraction of sp³-hybridized carbons (Fsp3) is 0.286. The molecule has 4 rings (SSSR count). The van der Waals surface area contributed by atoms with Gasteiger partial charge in [-0.1, -0.05) is 37.6 Å². The number of pyridine rings is 1. The molecule has 1 fully saturated rings. The van der Waals surface area contributed by atoms with Gasteiger partial charge in [-0.2, -0.15) is 5.26 Å². The Labute approximate surface area is 243 Å². The molecule has 43 heavy (non-hydrogen) atoms. The highest BCUT2D eigenvalue weighted by Gasteiger charge is 2.65. The lowest BCUT2D eigenvalue weighted by molar-refractivity contribution is -0.128. The monoisotopic (exact) mass is 627 g/mol. The molecule has 8 nitrogen and oxygen atoms in total. The standard InChI is InChI=1S/C28H27F6N5O3S/c1-42-23-15-25(38(17-23)18-35)28(41)39(22-7-9-24(10-8-22)43(30,31,32,33)34)26(20-5-3-12-36-16-20)27(40)37-13-11-19-4-2-6-21(29)14-19/h2-10,12,14,16,23,25-26H,11,13,15,17H2,1H3,(H,37,40). The summed E-state index contributed by atoms with van der Waals surface area (Å²) in [5.74, 6) is -2.11. The highest BCUT2D eigenvalue weighted by molar-refractivity contribution is 8.45. The van der Waals surface area contributed by atoms with Gasteiger partial charge in [0.1, 0.15) is 22.8 Å². The topological polar surface area (TPSA) is 98.6 Å². The van der Waals surface area contributed by atoms with Crippen molar-refractivity contribution in [2.45, 2.75) is 35.9 Å². The van der Waals surface area contributed by atoms with Crippen molar-refractivity contribution >= 4 is 27.7 Å². The van der Waals surface area contributed by atoms with Crippen LogP contribution in [0.15, 0.2) is 78.0 Å². The van der Waals surface area contributed by atoms with Gasteiger partial charge < -0.3 is 10.1 Å². The van der Waals surface area contributed by atoms with Gasteiger partial charge in [-0.15, -0.1) is 0 Å². The van der Waals surface area contributed by atoms with E-state index in [0.717, 1.165) is 9.80 Å². The normalized spacial score (nSPS) is 19.1. The number of carbonyl (C=O) groups excluding carboxylic acids is 2. The highest BCUT2D eigenvalue weighted by Crippen LogP contribution is 3.02. The maximum atomic E-state index is 14.1. The largest absolute Gasteiger partial charge is 0.379 e. The zero-order chi connectivity index (χ0) is 31.5. The number of amides is 2. The minimum atomic E-state index is -10.1. The minimum Gasteiger partial charge on any atom is -0.379 e. The third kappa shape index (κ3) is 7.57. The summed E-state index contributed by atoms with van der Waals surface area (Å²) in [6, 6.07) is 7.54. The predicted octanol–water partition coefficient (Wildman–Crippen LogP) is 5.88. The molecule has 3 atom stereocenters. The summed E-state index contributed by atoms with van der Waals surface area (Å²) in [7, 11) is -8.67. The van der Waals surface area contributed by atoms with E-state index in [1.54, 1.807) is 6.07 Å². The first-order valence-corrected chi connectivity index (χ1v) is 14.8. The van der Waals surface area contributed by atoms with Crippen molar-refractivity contribution in [3.63, 3.8) is 0 Å².